The summed E-state index contributed by atoms with van der Waals surface area (Å²) in [5.74, 6) is 0.0415. The zero-order valence-electron chi connectivity index (χ0n) is 9.04. The average Bonchev–Trinajstić information content (AvgIpc) is 2.57. The van der Waals surface area contributed by atoms with Crippen molar-refractivity contribution in [2.45, 2.75) is 19.4 Å². The third-order valence-electron chi connectivity index (χ3n) is 2.63. The van der Waals surface area contributed by atoms with Gasteiger partial charge in [-0.1, -0.05) is 0 Å². The molecule has 3 heteroatoms. The Labute approximate surface area is 89.4 Å². The van der Waals surface area contributed by atoms with E-state index in [-0.39, 0.29) is 12.4 Å². The lowest BCUT2D eigenvalue weighted by Crippen LogP contribution is -2.08. The highest BCUT2D eigenvalue weighted by atomic mass is 16.5. The smallest absolute Gasteiger partial charge is 0.188 e. The number of nitrogens with one attached hydrogen (secondary N) is 1. The van der Waals surface area contributed by atoms with Crippen LogP contribution in [0.5, 0.6) is 0 Å². The van der Waals surface area contributed by atoms with Crippen LogP contribution in [-0.2, 0) is 11.2 Å². The molecule has 1 aromatic rings. The second-order valence-electron chi connectivity index (χ2n) is 3.98. The summed E-state index contributed by atoms with van der Waals surface area (Å²) < 4.78 is 4.83. The minimum atomic E-state index is 0.0415. The number of fused-ring (bicyclic) bond motifs is 1. The molecule has 1 aromatic carbocycles. The molecule has 0 fully saturated rings. The molecule has 0 saturated heterocycles. The maximum absolute atomic E-state index is 11.6. The van der Waals surface area contributed by atoms with Crippen molar-refractivity contribution in [2.75, 3.05) is 19.0 Å². The molecule has 0 aromatic heterocycles. The van der Waals surface area contributed by atoms with Gasteiger partial charge in [-0.25, -0.2) is 0 Å². The molecule has 0 aliphatic carbocycles. The molecular formula is C12H15NO2. The third-order valence-corrected chi connectivity index (χ3v) is 2.63. The van der Waals surface area contributed by atoms with Crippen LogP contribution in [0.1, 0.15) is 22.8 Å². The van der Waals surface area contributed by atoms with Crippen molar-refractivity contribution >= 4 is 11.5 Å². The monoisotopic (exact) mass is 205 g/mol. The number of anilines is 1. The van der Waals surface area contributed by atoms with E-state index in [1.54, 1.807) is 0 Å². The number of hydrogen-bond donors (Lipinski definition) is 1. The van der Waals surface area contributed by atoms with Crippen LogP contribution < -0.4 is 5.32 Å². The van der Waals surface area contributed by atoms with Gasteiger partial charge < -0.3 is 10.1 Å². The summed E-state index contributed by atoms with van der Waals surface area (Å²) >= 11 is 0. The number of hydrogen-bond acceptors (Lipinski definition) is 3. The zero-order chi connectivity index (χ0) is 10.8. The fourth-order valence-corrected chi connectivity index (χ4v) is 1.94. The number of ketones is 1. The van der Waals surface area contributed by atoms with Gasteiger partial charge in [0, 0.05) is 24.4 Å². The van der Waals surface area contributed by atoms with Crippen molar-refractivity contribution in [1.29, 1.82) is 0 Å². The molecule has 15 heavy (non-hydrogen) atoms. The Morgan fingerprint density at radius 1 is 1.60 bits per heavy atom. The molecule has 0 saturated carbocycles. The number of rotatable bonds is 3. The van der Waals surface area contributed by atoms with Gasteiger partial charge in [0.1, 0.15) is 6.61 Å². The lowest BCUT2D eigenvalue weighted by Gasteiger charge is -2.03. The van der Waals surface area contributed by atoms with E-state index in [1.807, 2.05) is 18.2 Å². The van der Waals surface area contributed by atoms with Gasteiger partial charge in [-0.3, -0.25) is 4.79 Å². The molecule has 1 atom stereocenters. The van der Waals surface area contributed by atoms with Gasteiger partial charge in [-0.05, 0) is 37.1 Å². The van der Waals surface area contributed by atoms with Crippen LogP contribution in [0.2, 0.25) is 0 Å². The third kappa shape index (κ3) is 2.02. The quantitative estimate of drug-likeness (QED) is 0.765. The SMILES string of the molecule is COCC(=O)c1ccc2c(c1)CC(C)N2. The molecule has 2 rings (SSSR count). The summed E-state index contributed by atoms with van der Waals surface area (Å²) in [4.78, 5) is 11.6. The number of carbonyl (C=O) groups is 1. The minimum Gasteiger partial charge on any atom is -0.382 e. The first-order chi connectivity index (χ1) is 7.20. The topological polar surface area (TPSA) is 38.3 Å². The molecule has 0 amide bonds. The molecule has 1 aliphatic heterocycles. The van der Waals surface area contributed by atoms with E-state index in [0.717, 1.165) is 17.7 Å². The van der Waals surface area contributed by atoms with E-state index in [9.17, 15) is 4.79 Å². The molecule has 3 nitrogen and oxygen atoms in total. The highest BCUT2D eigenvalue weighted by Crippen LogP contribution is 2.26. The normalized spacial score (nSPS) is 18.4. The molecular weight excluding hydrogens is 190 g/mol. The summed E-state index contributed by atoms with van der Waals surface area (Å²) in [6.07, 6.45) is 0.990. The first-order valence-corrected chi connectivity index (χ1v) is 5.12. The Morgan fingerprint density at radius 2 is 2.40 bits per heavy atom. The Morgan fingerprint density at radius 3 is 3.13 bits per heavy atom. The van der Waals surface area contributed by atoms with E-state index < -0.39 is 0 Å². The summed E-state index contributed by atoms with van der Waals surface area (Å²) in [7, 11) is 1.54. The van der Waals surface area contributed by atoms with Crippen molar-refractivity contribution in [3.05, 3.63) is 29.3 Å². The van der Waals surface area contributed by atoms with Crippen molar-refractivity contribution in [3.8, 4) is 0 Å². The number of ether oxygens (including phenoxy) is 1. The van der Waals surface area contributed by atoms with E-state index in [2.05, 4.69) is 12.2 Å². The van der Waals surface area contributed by atoms with Gasteiger partial charge >= 0.3 is 0 Å². The average molecular weight is 205 g/mol. The minimum absolute atomic E-state index is 0.0415. The molecule has 0 radical (unpaired) electrons. The van der Waals surface area contributed by atoms with Crippen LogP contribution >= 0.6 is 0 Å². The maximum atomic E-state index is 11.6. The van der Waals surface area contributed by atoms with Crippen molar-refractivity contribution in [1.82, 2.24) is 0 Å². The molecule has 0 bridgehead atoms. The van der Waals surface area contributed by atoms with Gasteiger partial charge in [0.2, 0.25) is 0 Å². The molecule has 1 N–H and O–H groups in total. The van der Waals surface area contributed by atoms with Gasteiger partial charge in [-0.15, -0.1) is 0 Å². The second kappa shape index (κ2) is 4.03. The molecule has 1 heterocycles. The Balaban J connectivity index is 2.23. The standard InChI is InChI=1S/C12H15NO2/c1-8-5-10-6-9(12(14)7-15-2)3-4-11(10)13-8/h3-4,6,8,13H,5,7H2,1-2H3. The van der Waals surface area contributed by atoms with Gasteiger partial charge in [0.05, 0.1) is 0 Å². The van der Waals surface area contributed by atoms with Gasteiger partial charge in [-0.2, -0.15) is 0 Å². The van der Waals surface area contributed by atoms with Crippen LogP contribution in [-0.4, -0.2) is 25.5 Å². The number of Topliss-reactive ketones (excluding diaryl/α,β-unsaturated/α-hetero) is 1. The summed E-state index contributed by atoms with van der Waals surface area (Å²) in [5, 5.41) is 3.35. The fraction of sp³-hybridized carbons (Fsp3) is 0.417. The highest BCUT2D eigenvalue weighted by Gasteiger charge is 2.17. The highest BCUT2D eigenvalue weighted by molar-refractivity contribution is 5.97. The summed E-state index contributed by atoms with van der Waals surface area (Å²) in [5.41, 5.74) is 3.12. The molecule has 0 spiro atoms. The van der Waals surface area contributed by atoms with Crippen LogP contribution in [0.4, 0.5) is 5.69 Å². The maximum Gasteiger partial charge on any atom is 0.188 e. The molecule has 1 aliphatic rings. The largest absolute Gasteiger partial charge is 0.382 e. The Hall–Kier alpha value is -1.35. The van der Waals surface area contributed by atoms with E-state index >= 15 is 0 Å². The van der Waals surface area contributed by atoms with Crippen LogP contribution in [0.25, 0.3) is 0 Å². The molecule has 1 unspecified atom stereocenters. The van der Waals surface area contributed by atoms with Crippen LogP contribution in [0.15, 0.2) is 18.2 Å². The molecule has 80 valence electrons. The first-order valence-electron chi connectivity index (χ1n) is 5.12. The van der Waals surface area contributed by atoms with Gasteiger partial charge in [0.25, 0.3) is 0 Å². The number of carbonyl (C=O) groups excluding carboxylic acids is 1. The van der Waals surface area contributed by atoms with Crippen molar-refractivity contribution < 1.29 is 9.53 Å². The number of benzene rings is 1. The van der Waals surface area contributed by atoms with E-state index in [1.165, 1.54) is 12.7 Å². The van der Waals surface area contributed by atoms with E-state index in [4.69, 9.17) is 4.74 Å². The Kier molecular flexibility index (Phi) is 2.73. The van der Waals surface area contributed by atoms with Crippen molar-refractivity contribution in [3.63, 3.8) is 0 Å². The predicted molar refractivity (Wildman–Crippen MR) is 59.4 cm³/mol. The lowest BCUT2D eigenvalue weighted by molar-refractivity contribution is 0.0848. The fourth-order valence-electron chi connectivity index (χ4n) is 1.94. The number of methoxy groups -OCH3 is 1. The second-order valence-corrected chi connectivity index (χ2v) is 3.98. The first kappa shape index (κ1) is 10.2. The predicted octanol–water partition coefficient (Wildman–Crippen LogP) is 1.87. The van der Waals surface area contributed by atoms with Crippen LogP contribution in [0, 0.1) is 0 Å². The Bertz CT molecular complexity index is 387. The van der Waals surface area contributed by atoms with Crippen LogP contribution in [0.3, 0.4) is 0 Å². The zero-order valence-corrected chi connectivity index (χ0v) is 9.04. The lowest BCUT2D eigenvalue weighted by atomic mass is 10.0. The summed E-state index contributed by atoms with van der Waals surface area (Å²) in [6, 6.07) is 6.26. The summed E-state index contributed by atoms with van der Waals surface area (Å²) in [6.45, 7) is 2.29. The van der Waals surface area contributed by atoms with E-state index in [0.29, 0.717) is 6.04 Å². The van der Waals surface area contributed by atoms with Crippen molar-refractivity contribution in [2.24, 2.45) is 0 Å². The van der Waals surface area contributed by atoms with Gasteiger partial charge in [0.15, 0.2) is 5.78 Å².